The van der Waals surface area contributed by atoms with Gasteiger partial charge in [0.05, 0.1) is 0 Å². The molecule has 0 unspecified atom stereocenters. The van der Waals surface area contributed by atoms with E-state index in [4.69, 9.17) is 14.4 Å². The monoisotopic (exact) mass is 272 g/mol. The van der Waals surface area contributed by atoms with E-state index < -0.39 is 9.05 Å². The summed E-state index contributed by atoms with van der Waals surface area (Å²) in [6, 6.07) is 0. The molecular weight excluding hydrogens is 261 g/mol. The molecule has 0 spiro atoms. The minimum absolute atomic E-state index is 0. The van der Waals surface area contributed by atoms with Gasteiger partial charge in [-0.05, 0) is 6.42 Å². The molecule has 0 atom stereocenters. The Kier molecular flexibility index (Phi) is 10.3. The van der Waals surface area contributed by atoms with E-state index in [-0.39, 0.29) is 75.5 Å². The normalized spacial score (nSPS) is 10.7. The van der Waals surface area contributed by atoms with Gasteiger partial charge in [-0.1, -0.05) is 6.92 Å². The third kappa shape index (κ3) is 13.2. The standard InChI is InChI=1S/C3H10O4Si.Cs.H/c1-2-3-7-8(4,5)6;;/h4-6H,2-3H2,1H3;;. The maximum atomic E-state index is 8.18. The van der Waals surface area contributed by atoms with Crippen molar-refractivity contribution in [2.24, 2.45) is 0 Å². The first-order valence-electron chi connectivity index (χ1n) is 2.37. The van der Waals surface area contributed by atoms with Gasteiger partial charge in [0.1, 0.15) is 0 Å². The van der Waals surface area contributed by atoms with E-state index in [1.54, 1.807) is 6.92 Å². The van der Waals surface area contributed by atoms with Crippen LogP contribution in [0.3, 0.4) is 0 Å². The summed E-state index contributed by atoms with van der Waals surface area (Å²) in [5.74, 6) is 0. The molecule has 0 aliphatic carbocycles. The van der Waals surface area contributed by atoms with Crippen molar-refractivity contribution >= 4 is 77.9 Å². The summed E-state index contributed by atoms with van der Waals surface area (Å²) in [7, 11) is -4.18. The van der Waals surface area contributed by atoms with Gasteiger partial charge in [-0.25, -0.2) is 0 Å². The zero-order valence-electron chi connectivity index (χ0n) is 4.66. The first-order valence-corrected chi connectivity index (χ1v) is 4.12. The van der Waals surface area contributed by atoms with Crippen LogP contribution in [0.4, 0.5) is 0 Å². The van der Waals surface area contributed by atoms with Gasteiger partial charge in [0.15, 0.2) is 0 Å². The van der Waals surface area contributed by atoms with Gasteiger partial charge >= 0.3 is 77.9 Å². The molecule has 0 rings (SSSR count). The van der Waals surface area contributed by atoms with Gasteiger partial charge in [-0.3, -0.25) is 0 Å². The third-order valence-electron chi connectivity index (χ3n) is 0.500. The Morgan fingerprint density at radius 2 is 1.78 bits per heavy atom. The molecule has 0 bridgehead atoms. The van der Waals surface area contributed by atoms with E-state index in [0.29, 0.717) is 6.42 Å². The van der Waals surface area contributed by atoms with Crippen molar-refractivity contribution in [3.8, 4) is 0 Å². The molecule has 0 aromatic carbocycles. The topological polar surface area (TPSA) is 69.9 Å². The van der Waals surface area contributed by atoms with Crippen molar-refractivity contribution in [2.75, 3.05) is 6.61 Å². The van der Waals surface area contributed by atoms with Gasteiger partial charge in [0.25, 0.3) is 0 Å². The van der Waals surface area contributed by atoms with Crippen molar-refractivity contribution in [3.63, 3.8) is 0 Å². The van der Waals surface area contributed by atoms with Crippen LogP contribution in [0.2, 0.25) is 0 Å². The molecular formula is C3H11CsO4Si. The second-order valence-corrected chi connectivity index (χ2v) is 2.86. The Morgan fingerprint density at radius 3 is 1.89 bits per heavy atom. The Morgan fingerprint density at radius 1 is 1.33 bits per heavy atom. The zero-order chi connectivity index (χ0) is 6.62. The van der Waals surface area contributed by atoms with Crippen LogP contribution in [0.15, 0.2) is 0 Å². The molecule has 0 aromatic rings. The molecule has 0 saturated carbocycles. The first kappa shape index (κ1) is 13.7. The summed E-state index contributed by atoms with van der Waals surface area (Å²) >= 11 is 0. The van der Waals surface area contributed by atoms with Crippen molar-refractivity contribution in [3.05, 3.63) is 0 Å². The van der Waals surface area contributed by atoms with Crippen LogP contribution in [0.25, 0.3) is 0 Å². The summed E-state index contributed by atoms with van der Waals surface area (Å²) in [6.07, 6.45) is 0.663. The number of rotatable bonds is 3. The molecule has 52 valence electrons. The summed E-state index contributed by atoms with van der Waals surface area (Å²) < 4.78 is 4.18. The van der Waals surface area contributed by atoms with E-state index >= 15 is 0 Å². The van der Waals surface area contributed by atoms with E-state index in [1.165, 1.54) is 0 Å². The summed E-state index contributed by atoms with van der Waals surface area (Å²) in [4.78, 5) is 24.5. The van der Waals surface area contributed by atoms with Crippen molar-refractivity contribution in [1.29, 1.82) is 0 Å². The summed E-state index contributed by atoms with van der Waals surface area (Å²) in [6.45, 7) is 2.00. The average molecular weight is 272 g/mol. The fourth-order valence-electron chi connectivity index (χ4n) is 0.239. The molecule has 0 heterocycles. The Hall–Kier alpha value is 2.11. The van der Waals surface area contributed by atoms with Crippen LogP contribution in [-0.4, -0.2) is 98.9 Å². The third-order valence-corrected chi connectivity index (χ3v) is 1.09. The van der Waals surface area contributed by atoms with Crippen LogP contribution in [0, 0.1) is 0 Å². The second-order valence-electron chi connectivity index (χ2n) is 1.42. The van der Waals surface area contributed by atoms with E-state index in [0.717, 1.165) is 0 Å². The zero-order valence-corrected chi connectivity index (χ0v) is 5.66. The Labute approximate surface area is 114 Å². The average Bonchev–Trinajstić information content (AvgIpc) is 1.59. The molecule has 4 nitrogen and oxygen atoms in total. The van der Waals surface area contributed by atoms with E-state index in [9.17, 15) is 0 Å². The van der Waals surface area contributed by atoms with Gasteiger partial charge in [0.2, 0.25) is 0 Å². The predicted octanol–water partition coefficient (Wildman–Crippen LogP) is -1.82. The van der Waals surface area contributed by atoms with Crippen LogP contribution in [0.5, 0.6) is 0 Å². The maximum absolute atomic E-state index is 8.18. The van der Waals surface area contributed by atoms with Crippen LogP contribution in [-0.2, 0) is 4.43 Å². The van der Waals surface area contributed by atoms with Gasteiger partial charge in [0, 0.05) is 6.61 Å². The van der Waals surface area contributed by atoms with Crippen molar-refractivity contribution in [1.82, 2.24) is 0 Å². The molecule has 0 fully saturated rings. The van der Waals surface area contributed by atoms with Crippen molar-refractivity contribution < 1.29 is 18.8 Å². The SMILES string of the molecule is CCCO[Si](O)(O)O.[CsH]. The van der Waals surface area contributed by atoms with Gasteiger partial charge in [-0.2, -0.15) is 0 Å². The molecule has 0 saturated heterocycles. The molecule has 0 radical (unpaired) electrons. The Balaban J connectivity index is 0. The molecule has 0 aliphatic rings. The second kappa shape index (κ2) is 6.80. The van der Waals surface area contributed by atoms with Gasteiger partial charge in [-0.15, -0.1) is 0 Å². The molecule has 0 aromatic heterocycles. The van der Waals surface area contributed by atoms with Crippen LogP contribution in [0.1, 0.15) is 13.3 Å². The number of hydrogen-bond donors (Lipinski definition) is 3. The molecule has 9 heavy (non-hydrogen) atoms. The quantitative estimate of drug-likeness (QED) is 0.529. The van der Waals surface area contributed by atoms with E-state index in [1.807, 2.05) is 0 Å². The van der Waals surface area contributed by atoms with Crippen LogP contribution >= 0.6 is 0 Å². The summed E-state index contributed by atoms with van der Waals surface area (Å²) in [5.41, 5.74) is 0. The Bertz CT molecular complexity index is 63.3. The molecule has 0 amide bonds. The summed E-state index contributed by atoms with van der Waals surface area (Å²) in [5, 5.41) is 0. The first-order chi connectivity index (χ1) is 3.56. The van der Waals surface area contributed by atoms with Crippen LogP contribution < -0.4 is 0 Å². The number of hydrogen-bond acceptors (Lipinski definition) is 4. The molecule has 0 aliphatic heterocycles. The fraction of sp³-hybridized carbons (Fsp3) is 1.00. The van der Waals surface area contributed by atoms with Crippen molar-refractivity contribution in [2.45, 2.75) is 13.3 Å². The van der Waals surface area contributed by atoms with Gasteiger partial charge < -0.3 is 18.8 Å². The molecule has 6 heteroatoms. The molecule has 3 N–H and O–H groups in total. The van der Waals surface area contributed by atoms with E-state index in [2.05, 4.69) is 4.43 Å². The fourth-order valence-corrected chi connectivity index (χ4v) is 0.717. The minimum atomic E-state index is -4.18. The predicted molar refractivity (Wildman–Crippen MR) is 35.8 cm³/mol.